The average molecular weight is 231 g/mol. The maximum Gasteiger partial charge on any atom is 0.124 e. The summed E-state index contributed by atoms with van der Waals surface area (Å²) in [4.78, 5) is 0. The molecule has 1 aliphatic carbocycles. The molecule has 2 atom stereocenters. The Bertz CT molecular complexity index is 384. The predicted molar refractivity (Wildman–Crippen MR) is 69.2 cm³/mol. The molecule has 1 heterocycles. The van der Waals surface area contributed by atoms with E-state index >= 15 is 0 Å². The zero-order valence-electron chi connectivity index (χ0n) is 10.5. The van der Waals surface area contributed by atoms with E-state index in [4.69, 9.17) is 4.74 Å². The van der Waals surface area contributed by atoms with Crippen LogP contribution in [0.1, 0.15) is 44.2 Å². The first-order valence-corrected chi connectivity index (χ1v) is 6.82. The van der Waals surface area contributed by atoms with Crippen LogP contribution in [0.5, 0.6) is 5.75 Å². The lowest BCUT2D eigenvalue weighted by Gasteiger charge is -2.24. The molecule has 0 amide bonds. The molecule has 1 fully saturated rings. The van der Waals surface area contributed by atoms with E-state index in [1.165, 1.54) is 31.2 Å². The van der Waals surface area contributed by atoms with Crippen molar-refractivity contribution in [3.8, 4) is 5.75 Å². The summed E-state index contributed by atoms with van der Waals surface area (Å²) in [5.74, 6) is 1.92. The Morgan fingerprint density at radius 3 is 2.82 bits per heavy atom. The van der Waals surface area contributed by atoms with Gasteiger partial charge in [0, 0.05) is 11.6 Å². The first kappa shape index (κ1) is 11.1. The SMILES string of the molecule is CC(NC1COc2ccccc21)C1CCCC1. The number of para-hydroxylation sites is 1. The molecule has 0 saturated heterocycles. The van der Waals surface area contributed by atoms with E-state index in [1.54, 1.807) is 0 Å². The van der Waals surface area contributed by atoms with Gasteiger partial charge in [-0.05, 0) is 31.7 Å². The van der Waals surface area contributed by atoms with Gasteiger partial charge in [-0.1, -0.05) is 31.0 Å². The largest absolute Gasteiger partial charge is 0.491 e. The van der Waals surface area contributed by atoms with Crippen LogP contribution in [0.25, 0.3) is 0 Å². The Kier molecular flexibility index (Phi) is 3.06. The number of benzene rings is 1. The summed E-state index contributed by atoms with van der Waals surface area (Å²) in [6.07, 6.45) is 5.61. The number of fused-ring (bicyclic) bond motifs is 1. The summed E-state index contributed by atoms with van der Waals surface area (Å²) in [6.45, 7) is 3.12. The minimum absolute atomic E-state index is 0.391. The molecule has 0 aromatic heterocycles. The molecule has 92 valence electrons. The van der Waals surface area contributed by atoms with Crippen LogP contribution in [-0.4, -0.2) is 12.6 Å². The van der Waals surface area contributed by atoms with Gasteiger partial charge >= 0.3 is 0 Å². The molecule has 1 aromatic rings. The molecule has 1 aromatic carbocycles. The van der Waals surface area contributed by atoms with Crippen molar-refractivity contribution in [2.45, 2.75) is 44.7 Å². The lowest BCUT2D eigenvalue weighted by atomic mass is 9.98. The summed E-state index contributed by atoms with van der Waals surface area (Å²) in [5, 5.41) is 3.75. The van der Waals surface area contributed by atoms with Crippen LogP contribution in [0.15, 0.2) is 24.3 Å². The van der Waals surface area contributed by atoms with Gasteiger partial charge in [-0.15, -0.1) is 0 Å². The highest BCUT2D eigenvalue weighted by atomic mass is 16.5. The van der Waals surface area contributed by atoms with Gasteiger partial charge in [-0.2, -0.15) is 0 Å². The van der Waals surface area contributed by atoms with Gasteiger partial charge < -0.3 is 10.1 Å². The Hall–Kier alpha value is -1.02. The van der Waals surface area contributed by atoms with Gasteiger partial charge in [-0.3, -0.25) is 0 Å². The van der Waals surface area contributed by atoms with Crippen LogP contribution in [0, 0.1) is 5.92 Å². The lowest BCUT2D eigenvalue weighted by molar-refractivity contribution is 0.276. The van der Waals surface area contributed by atoms with Gasteiger partial charge in [0.25, 0.3) is 0 Å². The van der Waals surface area contributed by atoms with Crippen LogP contribution in [0.3, 0.4) is 0 Å². The number of hydrogen-bond donors (Lipinski definition) is 1. The Morgan fingerprint density at radius 2 is 2.00 bits per heavy atom. The van der Waals surface area contributed by atoms with Gasteiger partial charge in [-0.25, -0.2) is 0 Å². The van der Waals surface area contributed by atoms with E-state index < -0.39 is 0 Å². The maximum absolute atomic E-state index is 5.71. The van der Waals surface area contributed by atoms with Crippen molar-refractivity contribution in [2.24, 2.45) is 5.92 Å². The molecule has 3 rings (SSSR count). The zero-order valence-corrected chi connectivity index (χ0v) is 10.5. The summed E-state index contributed by atoms with van der Waals surface area (Å²) < 4.78 is 5.71. The third kappa shape index (κ3) is 2.19. The highest BCUT2D eigenvalue weighted by molar-refractivity contribution is 5.39. The van der Waals surface area contributed by atoms with E-state index in [2.05, 4.69) is 30.4 Å². The van der Waals surface area contributed by atoms with Crippen molar-refractivity contribution in [1.29, 1.82) is 0 Å². The predicted octanol–water partition coefficient (Wildman–Crippen LogP) is 3.29. The maximum atomic E-state index is 5.71. The minimum atomic E-state index is 0.391. The number of hydrogen-bond acceptors (Lipinski definition) is 2. The zero-order chi connectivity index (χ0) is 11.7. The van der Waals surface area contributed by atoms with Crippen LogP contribution < -0.4 is 10.1 Å². The fraction of sp³-hybridized carbons (Fsp3) is 0.600. The van der Waals surface area contributed by atoms with Gasteiger partial charge in [0.2, 0.25) is 0 Å². The molecule has 0 spiro atoms. The van der Waals surface area contributed by atoms with Crippen LogP contribution in [0.4, 0.5) is 0 Å². The van der Waals surface area contributed by atoms with Crippen molar-refractivity contribution in [3.05, 3.63) is 29.8 Å². The van der Waals surface area contributed by atoms with Crippen molar-refractivity contribution in [2.75, 3.05) is 6.61 Å². The molecule has 1 N–H and O–H groups in total. The molecule has 2 nitrogen and oxygen atoms in total. The normalized spacial score (nSPS) is 25.6. The molecule has 0 radical (unpaired) electrons. The molecule has 17 heavy (non-hydrogen) atoms. The van der Waals surface area contributed by atoms with Crippen LogP contribution in [0.2, 0.25) is 0 Å². The third-order valence-electron chi connectivity index (χ3n) is 4.27. The summed E-state index contributed by atoms with van der Waals surface area (Å²) in [5.41, 5.74) is 1.33. The third-order valence-corrected chi connectivity index (χ3v) is 4.27. The highest BCUT2D eigenvalue weighted by Crippen LogP contribution is 2.34. The molecule has 1 aliphatic heterocycles. The number of nitrogens with one attached hydrogen (secondary N) is 1. The Balaban J connectivity index is 1.66. The molecule has 2 unspecified atom stereocenters. The van der Waals surface area contributed by atoms with E-state index in [9.17, 15) is 0 Å². The highest BCUT2D eigenvalue weighted by Gasteiger charge is 2.28. The number of ether oxygens (including phenoxy) is 1. The molecule has 1 saturated carbocycles. The minimum Gasteiger partial charge on any atom is -0.491 e. The first-order valence-electron chi connectivity index (χ1n) is 6.82. The van der Waals surface area contributed by atoms with Crippen LogP contribution >= 0.6 is 0 Å². The van der Waals surface area contributed by atoms with Crippen molar-refractivity contribution >= 4 is 0 Å². The van der Waals surface area contributed by atoms with Crippen molar-refractivity contribution in [1.82, 2.24) is 5.32 Å². The van der Waals surface area contributed by atoms with E-state index in [0.717, 1.165) is 18.3 Å². The Labute approximate surface area is 103 Å². The van der Waals surface area contributed by atoms with Crippen LogP contribution in [-0.2, 0) is 0 Å². The summed E-state index contributed by atoms with van der Waals surface area (Å²) in [7, 11) is 0. The molecule has 0 bridgehead atoms. The van der Waals surface area contributed by atoms with E-state index in [1.807, 2.05) is 6.07 Å². The second kappa shape index (κ2) is 4.69. The van der Waals surface area contributed by atoms with Crippen molar-refractivity contribution < 1.29 is 4.74 Å². The molecular weight excluding hydrogens is 210 g/mol. The fourth-order valence-electron chi connectivity index (χ4n) is 3.21. The molecule has 2 aliphatic rings. The van der Waals surface area contributed by atoms with E-state index in [-0.39, 0.29) is 0 Å². The lowest BCUT2D eigenvalue weighted by Crippen LogP contribution is -2.36. The second-order valence-electron chi connectivity index (χ2n) is 5.40. The van der Waals surface area contributed by atoms with Gasteiger partial charge in [0.1, 0.15) is 12.4 Å². The van der Waals surface area contributed by atoms with Gasteiger partial charge in [0.05, 0.1) is 6.04 Å². The molecular formula is C15H21NO. The average Bonchev–Trinajstić information content (AvgIpc) is 2.98. The van der Waals surface area contributed by atoms with Crippen molar-refractivity contribution in [3.63, 3.8) is 0 Å². The smallest absolute Gasteiger partial charge is 0.124 e. The fourth-order valence-corrected chi connectivity index (χ4v) is 3.21. The first-order chi connectivity index (χ1) is 8.34. The quantitative estimate of drug-likeness (QED) is 0.862. The Morgan fingerprint density at radius 1 is 1.24 bits per heavy atom. The second-order valence-corrected chi connectivity index (χ2v) is 5.40. The summed E-state index contributed by atoms with van der Waals surface area (Å²) in [6, 6.07) is 9.39. The van der Waals surface area contributed by atoms with Gasteiger partial charge in [0.15, 0.2) is 0 Å². The standard InChI is InChI=1S/C15H21NO/c1-11(12-6-2-3-7-12)16-14-10-17-15-9-5-4-8-13(14)15/h4-5,8-9,11-12,14,16H,2-3,6-7,10H2,1H3. The van der Waals surface area contributed by atoms with E-state index in [0.29, 0.717) is 12.1 Å². The monoisotopic (exact) mass is 231 g/mol. The summed E-state index contributed by atoms with van der Waals surface area (Å²) >= 11 is 0. The number of rotatable bonds is 3. The topological polar surface area (TPSA) is 21.3 Å². The molecule has 2 heteroatoms.